The number of rotatable bonds is 6. The fraction of sp³-hybridized carbons (Fsp3) is 0.500. The molecular weight excluding hydrogens is 379 g/mol. The fourth-order valence-corrected chi connectivity index (χ4v) is 2.92. The molecule has 0 radical (unpaired) electrons. The lowest BCUT2D eigenvalue weighted by molar-refractivity contribution is -0.146. The van der Waals surface area contributed by atoms with Crippen LogP contribution in [0.2, 0.25) is 0 Å². The first-order chi connectivity index (χ1) is 13.4. The Labute approximate surface area is 159 Å². The van der Waals surface area contributed by atoms with Crippen LogP contribution in [0.15, 0.2) is 28.8 Å². The van der Waals surface area contributed by atoms with Gasteiger partial charge >= 0.3 is 12.1 Å². The Bertz CT molecular complexity index is 792. The molecule has 0 aliphatic carbocycles. The summed E-state index contributed by atoms with van der Waals surface area (Å²) in [7, 11) is 0. The van der Waals surface area contributed by atoms with Crippen LogP contribution in [0.1, 0.15) is 24.8 Å². The molecule has 1 aliphatic heterocycles. The Balaban J connectivity index is 1.66. The summed E-state index contributed by atoms with van der Waals surface area (Å²) in [5.41, 5.74) is -0.317. The monoisotopic (exact) mass is 399 g/mol. The molecule has 0 saturated carbocycles. The molecule has 10 heteroatoms. The first-order valence-electron chi connectivity index (χ1n) is 8.84. The van der Waals surface area contributed by atoms with Crippen molar-refractivity contribution < 1.29 is 32.0 Å². The molecule has 0 unspecified atom stereocenters. The number of benzene rings is 1. The number of carbonyl (C=O) groups excluding carboxylic acids is 1. The topological polar surface area (TPSA) is 77.7 Å². The van der Waals surface area contributed by atoms with E-state index in [0.717, 1.165) is 12.1 Å². The normalized spacial score (nSPS) is 18.2. The van der Waals surface area contributed by atoms with Crippen molar-refractivity contribution in [3.05, 3.63) is 35.7 Å². The molecule has 1 aromatic heterocycles. The number of aromatic nitrogens is 2. The van der Waals surface area contributed by atoms with E-state index in [2.05, 4.69) is 10.1 Å². The quantitative estimate of drug-likeness (QED) is 0.691. The highest BCUT2D eigenvalue weighted by atomic mass is 19.4. The van der Waals surface area contributed by atoms with Gasteiger partial charge in [-0.3, -0.25) is 9.69 Å². The highest BCUT2D eigenvalue weighted by Gasteiger charge is 2.30. The molecule has 2 heterocycles. The van der Waals surface area contributed by atoms with Crippen LogP contribution in [0.25, 0.3) is 11.4 Å². The van der Waals surface area contributed by atoms with Gasteiger partial charge in [-0.25, -0.2) is 0 Å². The van der Waals surface area contributed by atoms with E-state index in [0.29, 0.717) is 44.4 Å². The van der Waals surface area contributed by atoms with Crippen LogP contribution in [-0.2, 0) is 27.0 Å². The van der Waals surface area contributed by atoms with Gasteiger partial charge in [0.25, 0.3) is 0 Å². The molecule has 2 aromatic rings. The summed E-state index contributed by atoms with van der Waals surface area (Å²) in [6.45, 7) is 3.85. The third-order valence-corrected chi connectivity index (χ3v) is 4.33. The van der Waals surface area contributed by atoms with Crippen LogP contribution in [-0.4, -0.2) is 53.4 Å². The summed E-state index contributed by atoms with van der Waals surface area (Å²) >= 11 is 0. The zero-order valence-electron chi connectivity index (χ0n) is 15.2. The zero-order valence-corrected chi connectivity index (χ0v) is 15.2. The summed E-state index contributed by atoms with van der Waals surface area (Å²) in [6.07, 6.45) is -4.21. The second-order valence-electron chi connectivity index (χ2n) is 6.30. The number of morpholine rings is 1. The molecular formula is C18H20F3N3O4. The first-order valence-corrected chi connectivity index (χ1v) is 8.84. The number of hydrogen-bond acceptors (Lipinski definition) is 7. The van der Waals surface area contributed by atoms with Gasteiger partial charge in [-0.2, -0.15) is 18.2 Å². The smallest absolute Gasteiger partial charge is 0.416 e. The maximum Gasteiger partial charge on any atom is 0.416 e. The molecule has 0 spiro atoms. The van der Waals surface area contributed by atoms with Gasteiger partial charge in [0.1, 0.15) is 0 Å². The Hall–Kier alpha value is -2.46. The van der Waals surface area contributed by atoms with E-state index in [1.54, 1.807) is 6.92 Å². The Morgan fingerprint density at radius 2 is 2.07 bits per heavy atom. The number of esters is 1. The molecule has 0 N–H and O–H groups in total. The van der Waals surface area contributed by atoms with E-state index in [9.17, 15) is 18.0 Å². The van der Waals surface area contributed by atoms with E-state index in [1.807, 2.05) is 4.90 Å². The van der Waals surface area contributed by atoms with Crippen LogP contribution in [0.5, 0.6) is 0 Å². The number of hydrogen-bond donors (Lipinski definition) is 0. The van der Waals surface area contributed by atoms with E-state index in [4.69, 9.17) is 14.0 Å². The molecule has 1 aromatic carbocycles. The fourth-order valence-electron chi connectivity index (χ4n) is 2.92. The summed E-state index contributed by atoms with van der Waals surface area (Å²) < 4.78 is 53.6. The van der Waals surface area contributed by atoms with E-state index in [1.165, 1.54) is 12.1 Å². The number of alkyl halides is 3. The largest absolute Gasteiger partial charge is 0.466 e. The Kier molecular flexibility index (Phi) is 6.30. The predicted octanol–water partition coefficient (Wildman–Crippen LogP) is 2.91. The van der Waals surface area contributed by atoms with Crippen molar-refractivity contribution >= 4 is 5.97 Å². The second kappa shape index (κ2) is 8.70. The van der Waals surface area contributed by atoms with Crippen molar-refractivity contribution in [2.24, 2.45) is 0 Å². The minimum absolute atomic E-state index is 0.172. The van der Waals surface area contributed by atoms with Gasteiger partial charge in [0.05, 0.1) is 38.3 Å². The highest BCUT2D eigenvalue weighted by Crippen LogP contribution is 2.30. The minimum atomic E-state index is -4.40. The predicted molar refractivity (Wildman–Crippen MR) is 91.0 cm³/mol. The van der Waals surface area contributed by atoms with Crippen molar-refractivity contribution in [3.8, 4) is 11.4 Å². The molecule has 0 amide bonds. The van der Waals surface area contributed by atoms with Gasteiger partial charge in [-0.15, -0.1) is 0 Å². The summed E-state index contributed by atoms with van der Waals surface area (Å²) in [6, 6.07) is 4.38. The molecule has 152 valence electrons. The minimum Gasteiger partial charge on any atom is -0.466 e. The van der Waals surface area contributed by atoms with Crippen LogP contribution in [0.4, 0.5) is 13.2 Å². The van der Waals surface area contributed by atoms with Gasteiger partial charge < -0.3 is 14.0 Å². The number of halogens is 3. The first kappa shape index (κ1) is 20.3. The third kappa shape index (κ3) is 5.08. The van der Waals surface area contributed by atoms with Crippen molar-refractivity contribution in [3.63, 3.8) is 0 Å². The van der Waals surface area contributed by atoms with Crippen molar-refractivity contribution in [2.75, 3.05) is 26.4 Å². The molecule has 0 bridgehead atoms. The molecule has 1 saturated heterocycles. The average Bonchev–Trinajstić information content (AvgIpc) is 3.11. The molecule has 1 fully saturated rings. The SMILES string of the molecule is CCOC(=O)C[C@@H]1COCCN1Cc1nc(-c2ccc(C(F)(F)F)cc2)no1. The average molecular weight is 399 g/mol. The maximum absolute atomic E-state index is 12.7. The number of carbonyl (C=O) groups is 1. The second-order valence-corrected chi connectivity index (χ2v) is 6.30. The van der Waals surface area contributed by atoms with E-state index in [-0.39, 0.29) is 24.3 Å². The highest BCUT2D eigenvalue weighted by molar-refractivity contribution is 5.70. The number of nitrogens with zero attached hydrogens (tertiary/aromatic N) is 3. The summed E-state index contributed by atoms with van der Waals surface area (Å²) in [5.74, 6) is 0.212. The lowest BCUT2D eigenvalue weighted by Gasteiger charge is -2.33. The molecule has 28 heavy (non-hydrogen) atoms. The summed E-state index contributed by atoms with van der Waals surface area (Å²) in [5, 5.41) is 3.84. The maximum atomic E-state index is 12.7. The molecule has 7 nitrogen and oxygen atoms in total. The molecule has 1 aliphatic rings. The van der Waals surface area contributed by atoms with Gasteiger partial charge in [0, 0.05) is 18.2 Å². The zero-order chi connectivity index (χ0) is 20.1. The Morgan fingerprint density at radius 3 is 2.75 bits per heavy atom. The Morgan fingerprint density at radius 1 is 1.32 bits per heavy atom. The van der Waals surface area contributed by atoms with Gasteiger partial charge in [-0.05, 0) is 19.1 Å². The number of ether oxygens (including phenoxy) is 2. The lowest BCUT2D eigenvalue weighted by atomic mass is 10.1. The van der Waals surface area contributed by atoms with Gasteiger partial charge in [0.15, 0.2) is 0 Å². The standard InChI is InChI=1S/C18H20F3N3O4/c1-2-27-16(25)9-14-11-26-8-7-24(14)10-15-22-17(23-28-15)12-3-5-13(6-4-12)18(19,20)21/h3-6,14H,2,7-11H2,1H3/t14-/m1/s1. The molecule has 1 atom stereocenters. The van der Waals surface area contributed by atoms with E-state index < -0.39 is 11.7 Å². The molecule has 3 rings (SSSR count). The summed E-state index contributed by atoms with van der Waals surface area (Å²) in [4.78, 5) is 18.0. The van der Waals surface area contributed by atoms with Crippen molar-refractivity contribution in [2.45, 2.75) is 32.1 Å². The third-order valence-electron chi connectivity index (χ3n) is 4.33. The van der Waals surface area contributed by atoms with Crippen molar-refractivity contribution in [1.82, 2.24) is 15.0 Å². The van der Waals surface area contributed by atoms with Gasteiger partial charge in [0.2, 0.25) is 11.7 Å². The van der Waals surface area contributed by atoms with Crippen molar-refractivity contribution in [1.29, 1.82) is 0 Å². The van der Waals surface area contributed by atoms with Crippen LogP contribution in [0.3, 0.4) is 0 Å². The lowest BCUT2D eigenvalue weighted by Crippen LogP contribution is -2.46. The van der Waals surface area contributed by atoms with Crippen LogP contribution in [0, 0.1) is 0 Å². The van der Waals surface area contributed by atoms with Crippen LogP contribution < -0.4 is 0 Å². The van der Waals surface area contributed by atoms with Gasteiger partial charge in [-0.1, -0.05) is 17.3 Å². The van der Waals surface area contributed by atoms with E-state index >= 15 is 0 Å². The van der Waals surface area contributed by atoms with Crippen LogP contribution >= 0.6 is 0 Å².